The zero-order chi connectivity index (χ0) is 10.1. The Bertz CT molecular complexity index is 124. The second-order valence-electron chi connectivity index (χ2n) is 3.94. The van der Waals surface area contributed by atoms with Crippen molar-refractivity contribution in [3.05, 3.63) is 0 Å². The molecule has 1 saturated heterocycles. The summed E-state index contributed by atoms with van der Waals surface area (Å²) in [6.07, 6.45) is 5.16. The zero-order valence-corrected chi connectivity index (χ0v) is 9.26. The third-order valence-corrected chi connectivity index (χ3v) is 2.79. The van der Waals surface area contributed by atoms with Gasteiger partial charge in [-0.1, -0.05) is 0 Å². The molecular weight excluding hydrogens is 178 g/mol. The average Bonchev–Trinajstić information content (AvgIpc) is 2.25. The Morgan fingerprint density at radius 3 is 2.79 bits per heavy atom. The molecule has 1 rings (SSSR count). The summed E-state index contributed by atoms with van der Waals surface area (Å²) in [6.45, 7) is 4.87. The fourth-order valence-corrected chi connectivity index (χ4v) is 1.85. The van der Waals surface area contributed by atoms with Gasteiger partial charge in [0.05, 0.1) is 6.61 Å². The number of methoxy groups -OCH3 is 1. The van der Waals surface area contributed by atoms with Crippen molar-refractivity contribution in [3.63, 3.8) is 0 Å². The van der Waals surface area contributed by atoms with Crippen LogP contribution in [0.25, 0.3) is 0 Å². The highest BCUT2D eigenvalue weighted by Gasteiger charge is 2.12. The van der Waals surface area contributed by atoms with Gasteiger partial charge in [-0.25, -0.2) is 0 Å². The van der Waals surface area contributed by atoms with E-state index in [-0.39, 0.29) is 0 Å². The van der Waals surface area contributed by atoms with Gasteiger partial charge in [0, 0.05) is 26.9 Å². The molecule has 0 aromatic carbocycles. The average molecular weight is 201 g/mol. The molecule has 0 amide bonds. The van der Waals surface area contributed by atoms with Crippen LogP contribution in [0.4, 0.5) is 0 Å². The van der Waals surface area contributed by atoms with E-state index >= 15 is 0 Å². The van der Waals surface area contributed by atoms with Crippen LogP contribution in [0, 0.1) is 5.92 Å². The number of hydrogen-bond acceptors (Lipinski definition) is 3. The summed E-state index contributed by atoms with van der Waals surface area (Å²) in [5.41, 5.74) is 0. The lowest BCUT2D eigenvalue weighted by Crippen LogP contribution is -2.22. The summed E-state index contributed by atoms with van der Waals surface area (Å²) < 4.78 is 10.3. The van der Waals surface area contributed by atoms with Crippen molar-refractivity contribution in [2.75, 3.05) is 40.0 Å². The lowest BCUT2D eigenvalue weighted by molar-refractivity contribution is 0.0633. The van der Waals surface area contributed by atoms with Gasteiger partial charge in [-0.05, 0) is 38.1 Å². The van der Waals surface area contributed by atoms with Crippen LogP contribution in [-0.2, 0) is 9.47 Å². The Hall–Kier alpha value is -0.120. The molecule has 0 saturated carbocycles. The molecule has 1 heterocycles. The Kier molecular flexibility index (Phi) is 7.01. The molecule has 0 bridgehead atoms. The number of nitrogens with one attached hydrogen (secondary N) is 1. The quantitative estimate of drug-likeness (QED) is 0.632. The first-order valence-corrected chi connectivity index (χ1v) is 5.71. The van der Waals surface area contributed by atoms with Gasteiger partial charge < -0.3 is 14.8 Å². The van der Waals surface area contributed by atoms with Gasteiger partial charge in [0.1, 0.15) is 0 Å². The molecule has 3 nitrogen and oxygen atoms in total. The van der Waals surface area contributed by atoms with Crippen molar-refractivity contribution >= 4 is 0 Å². The van der Waals surface area contributed by atoms with E-state index < -0.39 is 0 Å². The van der Waals surface area contributed by atoms with Crippen LogP contribution in [0.1, 0.15) is 25.7 Å². The maximum atomic E-state index is 5.33. The van der Waals surface area contributed by atoms with Crippen molar-refractivity contribution in [2.45, 2.75) is 25.7 Å². The summed E-state index contributed by atoms with van der Waals surface area (Å²) in [5, 5.41) is 3.37. The molecule has 0 aromatic rings. The van der Waals surface area contributed by atoms with Gasteiger partial charge in [-0.2, -0.15) is 0 Å². The smallest absolute Gasteiger partial charge is 0.0587 e. The van der Waals surface area contributed by atoms with Crippen LogP contribution in [-0.4, -0.2) is 40.0 Å². The molecule has 0 aromatic heterocycles. The highest BCUT2D eigenvalue weighted by Crippen LogP contribution is 2.19. The minimum atomic E-state index is 0.817. The van der Waals surface area contributed by atoms with Crippen molar-refractivity contribution in [2.24, 2.45) is 5.92 Å². The van der Waals surface area contributed by atoms with Crippen LogP contribution >= 0.6 is 0 Å². The second kappa shape index (κ2) is 8.21. The van der Waals surface area contributed by atoms with E-state index in [0.717, 1.165) is 38.8 Å². The maximum absolute atomic E-state index is 5.33. The van der Waals surface area contributed by atoms with Crippen molar-refractivity contribution in [3.8, 4) is 0 Å². The number of rotatable bonds is 7. The maximum Gasteiger partial charge on any atom is 0.0587 e. The molecule has 0 unspecified atom stereocenters. The molecule has 14 heavy (non-hydrogen) atoms. The van der Waals surface area contributed by atoms with Gasteiger partial charge in [0.2, 0.25) is 0 Å². The molecule has 0 atom stereocenters. The van der Waals surface area contributed by atoms with E-state index in [0.29, 0.717) is 0 Å². The number of hydrogen-bond donors (Lipinski definition) is 1. The van der Waals surface area contributed by atoms with Crippen molar-refractivity contribution in [1.82, 2.24) is 5.32 Å². The third kappa shape index (κ3) is 5.58. The Balaban J connectivity index is 1.82. The highest BCUT2D eigenvalue weighted by atomic mass is 16.5. The van der Waals surface area contributed by atoms with E-state index in [1.165, 1.54) is 25.7 Å². The monoisotopic (exact) mass is 201 g/mol. The van der Waals surface area contributed by atoms with E-state index in [1.54, 1.807) is 7.11 Å². The molecule has 0 radical (unpaired) electrons. The Labute approximate surface area is 87.2 Å². The minimum Gasteiger partial charge on any atom is -0.383 e. The van der Waals surface area contributed by atoms with E-state index in [1.807, 2.05) is 0 Å². The fourth-order valence-electron chi connectivity index (χ4n) is 1.85. The lowest BCUT2D eigenvalue weighted by atomic mass is 9.95. The van der Waals surface area contributed by atoms with Gasteiger partial charge in [-0.3, -0.25) is 0 Å². The topological polar surface area (TPSA) is 30.5 Å². The molecule has 84 valence electrons. The van der Waals surface area contributed by atoms with Crippen molar-refractivity contribution in [1.29, 1.82) is 0 Å². The summed E-state index contributed by atoms with van der Waals surface area (Å²) in [5.74, 6) is 0.910. The first-order chi connectivity index (χ1) is 6.93. The zero-order valence-electron chi connectivity index (χ0n) is 9.26. The largest absolute Gasteiger partial charge is 0.383 e. The molecule has 0 aliphatic carbocycles. The second-order valence-corrected chi connectivity index (χ2v) is 3.94. The molecule has 1 aliphatic heterocycles. The summed E-state index contributed by atoms with van der Waals surface area (Å²) in [6, 6.07) is 0. The first kappa shape index (κ1) is 12.0. The first-order valence-electron chi connectivity index (χ1n) is 5.71. The fraction of sp³-hybridized carbons (Fsp3) is 1.00. The third-order valence-electron chi connectivity index (χ3n) is 2.79. The predicted molar refractivity (Wildman–Crippen MR) is 57.5 cm³/mol. The van der Waals surface area contributed by atoms with Crippen LogP contribution in [0.5, 0.6) is 0 Å². The normalized spacial score (nSPS) is 18.6. The molecule has 1 fully saturated rings. The minimum absolute atomic E-state index is 0.817. The van der Waals surface area contributed by atoms with Gasteiger partial charge in [-0.15, -0.1) is 0 Å². The summed E-state index contributed by atoms with van der Waals surface area (Å²) in [4.78, 5) is 0. The van der Waals surface area contributed by atoms with Crippen LogP contribution in [0.2, 0.25) is 0 Å². The van der Waals surface area contributed by atoms with Gasteiger partial charge in [0.25, 0.3) is 0 Å². The van der Waals surface area contributed by atoms with Crippen LogP contribution in [0.15, 0.2) is 0 Å². The molecular formula is C11H23NO2. The molecule has 1 N–H and O–H groups in total. The molecule has 0 spiro atoms. The standard InChI is InChI=1S/C11H23NO2/c1-13-10-7-12-6-2-3-11-4-8-14-9-5-11/h11-12H,2-10H2,1H3. The van der Waals surface area contributed by atoms with E-state index in [9.17, 15) is 0 Å². The van der Waals surface area contributed by atoms with Crippen molar-refractivity contribution < 1.29 is 9.47 Å². The summed E-state index contributed by atoms with van der Waals surface area (Å²) >= 11 is 0. The Morgan fingerprint density at radius 1 is 1.29 bits per heavy atom. The summed E-state index contributed by atoms with van der Waals surface area (Å²) in [7, 11) is 1.74. The number of ether oxygens (including phenoxy) is 2. The van der Waals surface area contributed by atoms with Crippen LogP contribution in [0.3, 0.4) is 0 Å². The van der Waals surface area contributed by atoms with Gasteiger partial charge in [0.15, 0.2) is 0 Å². The van der Waals surface area contributed by atoms with Gasteiger partial charge >= 0.3 is 0 Å². The van der Waals surface area contributed by atoms with E-state index in [2.05, 4.69) is 5.32 Å². The highest BCUT2D eigenvalue weighted by molar-refractivity contribution is 4.64. The van der Waals surface area contributed by atoms with Crippen LogP contribution < -0.4 is 5.32 Å². The SMILES string of the molecule is COCCNCCCC1CCOCC1. The molecule has 1 aliphatic rings. The van der Waals surface area contributed by atoms with E-state index in [4.69, 9.17) is 9.47 Å². The Morgan fingerprint density at radius 2 is 2.07 bits per heavy atom. The molecule has 3 heteroatoms. The predicted octanol–water partition coefficient (Wildman–Crippen LogP) is 1.43. The lowest BCUT2D eigenvalue weighted by Gasteiger charge is -2.21.